The Kier molecular flexibility index (Phi) is 6.62. The molecule has 1 rings (SSSR count). The summed E-state index contributed by atoms with van der Waals surface area (Å²) in [5.74, 6) is 0.766. The molecule has 0 heterocycles. The molecule has 1 saturated carbocycles. The summed E-state index contributed by atoms with van der Waals surface area (Å²) in [4.78, 5) is 0. The van der Waals surface area contributed by atoms with E-state index in [2.05, 4.69) is 103 Å². The van der Waals surface area contributed by atoms with Gasteiger partial charge >= 0.3 is 147 Å². The zero-order chi connectivity index (χ0) is 16.7. The van der Waals surface area contributed by atoms with Crippen molar-refractivity contribution in [3.05, 3.63) is 0 Å². The summed E-state index contributed by atoms with van der Waals surface area (Å²) in [7, 11) is 0. The standard InChI is InChI=1S/C17H37PS3/c1-11-15(3,4)20-14-12-16(5,21-18(7,8)9)13(2)17(14,6)19-10/h13-14,18H,11-12H2,1-10H3. The van der Waals surface area contributed by atoms with Gasteiger partial charge in [0.1, 0.15) is 0 Å². The van der Waals surface area contributed by atoms with Gasteiger partial charge in [-0.05, 0) is 0 Å². The number of hydrogen-bond donors (Lipinski definition) is 0. The Labute approximate surface area is 147 Å². The van der Waals surface area contributed by atoms with Gasteiger partial charge in [-0.2, -0.15) is 0 Å². The molecule has 0 N–H and O–H groups in total. The van der Waals surface area contributed by atoms with Gasteiger partial charge in [0.05, 0.1) is 0 Å². The average molecular weight is 369 g/mol. The molecule has 0 aliphatic heterocycles. The van der Waals surface area contributed by atoms with Gasteiger partial charge in [0.25, 0.3) is 0 Å². The second-order valence-corrected chi connectivity index (χ2v) is 21.4. The van der Waals surface area contributed by atoms with E-state index >= 15 is 0 Å². The Hall–Kier alpha value is 1.48. The number of hydrogen-bond acceptors (Lipinski definition) is 3. The van der Waals surface area contributed by atoms with Gasteiger partial charge in [-0.1, -0.05) is 0 Å². The molecular formula is C17H37PS3. The van der Waals surface area contributed by atoms with Crippen LogP contribution < -0.4 is 0 Å². The van der Waals surface area contributed by atoms with Gasteiger partial charge in [0.2, 0.25) is 0 Å². The van der Waals surface area contributed by atoms with E-state index in [1.165, 1.54) is 12.8 Å². The van der Waals surface area contributed by atoms with Crippen LogP contribution in [0.15, 0.2) is 0 Å². The summed E-state index contributed by atoms with van der Waals surface area (Å²) in [5.41, 5.74) is 0. The van der Waals surface area contributed by atoms with Crippen LogP contribution in [0.1, 0.15) is 54.4 Å². The first-order valence-corrected chi connectivity index (χ1v) is 15.4. The Morgan fingerprint density at radius 1 is 1.19 bits per heavy atom. The van der Waals surface area contributed by atoms with Crippen LogP contribution in [0, 0.1) is 5.92 Å². The van der Waals surface area contributed by atoms with E-state index in [0.29, 0.717) is 14.2 Å². The van der Waals surface area contributed by atoms with Gasteiger partial charge in [-0.3, -0.25) is 0 Å². The Bertz CT molecular complexity index is 364. The first-order valence-electron chi connectivity index (χ1n) is 8.23. The molecule has 128 valence electrons. The predicted octanol–water partition coefficient (Wildman–Crippen LogP) is 6.48. The molecule has 4 atom stereocenters. The average Bonchev–Trinajstić information content (AvgIpc) is 2.49. The van der Waals surface area contributed by atoms with E-state index in [1.807, 2.05) is 0 Å². The molecule has 1 fully saturated rings. The van der Waals surface area contributed by atoms with Gasteiger partial charge in [-0.25, -0.2) is 0 Å². The van der Waals surface area contributed by atoms with E-state index in [4.69, 9.17) is 0 Å². The fourth-order valence-corrected chi connectivity index (χ4v) is 13.8. The SMILES string of the molecule is CCC(C)(C)SC1CC(C)(S[PH](C)(C)C)C(C)C1(C)SC. The molecule has 0 amide bonds. The van der Waals surface area contributed by atoms with Gasteiger partial charge in [0.15, 0.2) is 0 Å². The Morgan fingerprint density at radius 3 is 2.10 bits per heavy atom. The van der Waals surface area contributed by atoms with Crippen molar-refractivity contribution in [2.75, 3.05) is 26.3 Å². The van der Waals surface area contributed by atoms with Crippen molar-refractivity contribution in [3.8, 4) is 0 Å². The molecule has 0 saturated heterocycles. The second-order valence-electron chi connectivity index (χ2n) is 8.56. The third-order valence-corrected chi connectivity index (χ3v) is 13.7. The van der Waals surface area contributed by atoms with Crippen LogP contribution in [-0.4, -0.2) is 45.7 Å². The molecule has 4 unspecified atom stereocenters. The van der Waals surface area contributed by atoms with Crippen LogP contribution in [0.25, 0.3) is 0 Å². The molecule has 0 radical (unpaired) electrons. The van der Waals surface area contributed by atoms with Crippen LogP contribution in [0.5, 0.6) is 0 Å². The summed E-state index contributed by atoms with van der Waals surface area (Å²) in [5, 5.41) is 0.770. The maximum absolute atomic E-state index is 2.55. The first-order chi connectivity index (χ1) is 9.30. The summed E-state index contributed by atoms with van der Waals surface area (Å²) in [6.45, 7) is 21.2. The Balaban J connectivity index is 3.06. The third-order valence-electron chi connectivity index (χ3n) is 5.30. The van der Waals surface area contributed by atoms with Gasteiger partial charge in [0, 0.05) is 0 Å². The molecule has 0 aromatic heterocycles. The topological polar surface area (TPSA) is 0 Å². The monoisotopic (exact) mass is 368 g/mol. The van der Waals surface area contributed by atoms with E-state index in [0.717, 1.165) is 11.2 Å². The zero-order valence-corrected chi connectivity index (χ0v) is 19.2. The normalized spacial score (nSPS) is 38.8. The maximum atomic E-state index is 2.55. The zero-order valence-electron chi connectivity index (χ0n) is 15.8. The van der Waals surface area contributed by atoms with Crippen LogP contribution in [-0.2, 0) is 0 Å². The number of rotatable bonds is 6. The van der Waals surface area contributed by atoms with Crippen molar-refractivity contribution in [1.82, 2.24) is 0 Å². The third kappa shape index (κ3) is 4.74. The van der Waals surface area contributed by atoms with Gasteiger partial charge < -0.3 is 0 Å². The first kappa shape index (κ1) is 20.5. The molecule has 1 aliphatic carbocycles. The van der Waals surface area contributed by atoms with Crippen molar-refractivity contribution < 1.29 is 0 Å². The number of thioether (sulfide) groups is 2. The van der Waals surface area contributed by atoms with Crippen molar-refractivity contribution >= 4 is 41.4 Å². The molecule has 0 spiro atoms. The van der Waals surface area contributed by atoms with Crippen LogP contribution in [0.3, 0.4) is 0 Å². The summed E-state index contributed by atoms with van der Waals surface area (Å²) in [6, 6.07) is 0. The molecular weight excluding hydrogens is 331 g/mol. The predicted molar refractivity (Wildman–Crippen MR) is 114 cm³/mol. The van der Waals surface area contributed by atoms with Crippen molar-refractivity contribution in [2.24, 2.45) is 5.92 Å². The van der Waals surface area contributed by atoms with E-state index in [-0.39, 0.29) is 0 Å². The van der Waals surface area contributed by atoms with Crippen LogP contribution in [0.2, 0.25) is 0 Å². The second kappa shape index (κ2) is 6.77. The fraction of sp³-hybridized carbons (Fsp3) is 1.00. The van der Waals surface area contributed by atoms with Crippen LogP contribution >= 0.6 is 41.4 Å². The molecule has 0 aromatic rings. The molecule has 1 aliphatic rings. The minimum absolute atomic E-state index is 0.399. The van der Waals surface area contributed by atoms with E-state index < -0.39 is 6.46 Å². The summed E-state index contributed by atoms with van der Waals surface area (Å²) in [6.07, 6.45) is 4.95. The van der Waals surface area contributed by atoms with Crippen molar-refractivity contribution in [1.29, 1.82) is 0 Å². The van der Waals surface area contributed by atoms with Crippen molar-refractivity contribution in [2.45, 2.75) is 73.9 Å². The van der Waals surface area contributed by atoms with E-state index in [9.17, 15) is 0 Å². The summed E-state index contributed by atoms with van der Waals surface area (Å²) >= 11 is 6.71. The molecule has 0 nitrogen and oxygen atoms in total. The Morgan fingerprint density at radius 2 is 1.71 bits per heavy atom. The minimum atomic E-state index is -1.11. The molecule has 21 heavy (non-hydrogen) atoms. The summed E-state index contributed by atoms with van der Waals surface area (Å²) < 4.78 is 1.25. The van der Waals surface area contributed by atoms with Crippen LogP contribution in [0.4, 0.5) is 0 Å². The van der Waals surface area contributed by atoms with Gasteiger partial charge in [-0.15, -0.1) is 0 Å². The van der Waals surface area contributed by atoms with Crippen molar-refractivity contribution in [3.63, 3.8) is 0 Å². The van der Waals surface area contributed by atoms with E-state index in [1.54, 1.807) is 0 Å². The molecule has 0 bridgehead atoms. The fourth-order valence-electron chi connectivity index (χ4n) is 3.40. The molecule has 0 aromatic carbocycles. The quantitative estimate of drug-likeness (QED) is 0.492. The molecule has 4 heteroatoms.